The van der Waals surface area contributed by atoms with Crippen LogP contribution in [0.2, 0.25) is 0 Å². The van der Waals surface area contributed by atoms with Gasteiger partial charge in [-0.15, -0.1) is 0 Å². The quantitative estimate of drug-likeness (QED) is 0.467. The summed E-state index contributed by atoms with van der Waals surface area (Å²) in [6, 6.07) is 1.89. The number of ether oxygens (including phenoxy) is 2. The summed E-state index contributed by atoms with van der Waals surface area (Å²) >= 11 is 0. The first kappa shape index (κ1) is 22.3. The van der Waals surface area contributed by atoms with E-state index in [1.807, 2.05) is 19.9 Å². The predicted octanol–water partition coefficient (Wildman–Crippen LogP) is 4.63. The Morgan fingerprint density at radius 3 is 2.50 bits per heavy atom. The van der Waals surface area contributed by atoms with Gasteiger partial charge in [-0.05, 0) is 48.7 Å². The number of carbonyl (C=O) groups excluding carboxylic acids is 3. The highest BCUT2D eigenvalue weighted by atomic mass is 16.6. The molecular formula is C28H34O6. The van der Waals surface area contributed by atoms with Crippen LogP contribution in [0.4, 0.5) is 0 Å². The number of furan rings is 1. The fraction of sp³-hybridized carbons (Fsp3) is 0.679. The van der Waals surface area contributed by atoms with Crippen LogP contribution in [0, 0.1) is 33.5 Å². The lowest BCUT2D eigenvalue weighted by atomic mass is 9.36. The largest absolute Gasteiger partial charge is 0.472 e. The Morgan fingerprint density at radius 2 is 1.85 bits per heavy atom. The number of rotatable bonds is 2. The molecule has 0 N–H and O–H groups in total. The van der Waals surface area contributed by atoms with Crippen molar-refractivity contribution in [2.24, 2.45) is 33.5 Å². The van der Waals surface area contributed by atoms with Crippen molar-refractivity contribution in [3.63, 3.8) is 0 Å². The molecule has 5 unspecified atom stereocenters. The van der Waals surface area contributed by atoms with E-state index < -0.39 is 34.1 Å². The lowest BCUT2D eigenvalue weighted by Gasteiger charge is -2.67. The molecule has 1 saturated heterocycles. The van der Waals surface area contributed by atoms with Gasteiger partial charge >= 0.3 is 5.97 Å². The van der Waals surface area contributed by atoms with Gasteiger partial charge in [0.05, 0.1) is 18.4 Å². The van der Waals surface area contributed by atoms with E-state index in [1.54, 1.807) is 18.6 Å². The van der Waals surface area contributed by atoms with Crippen LogP contribution >= 0.6 is 0 Å². The van der Waals surface area contributed by atoms with Crippen LogP contribution in [0.15, 0.2) is 35.2 Å². The molecule has 6 heteroatoms. The molecule has 9 atom stereocenters. The number of epoxide rings is 1. The first-order chi connectivity index (χ1) is 15.9. The second-order valence-electron chi connectivity index (χ2n) is 12.6. The zero-order valence-corrected chi connectivity index (χ0v) is 20.8. The molecule has 1 aliphatic heterocycles. The Balaban J connectivity index is 1.54. The molecule has 1 spiro atoms. The maximum atomic E-state index is 13.7. The lowest BCUT2D eigenvalue weighted by molar-refractivity contribution is -0.232. The van der Waals surface area contributed by atoms with Crippen LogP contribution in [0.5, 0.6) is 0 Å². The lowest BCUT2D eigenvalue weighted by Crippen LogP contribution is -2.70. The molecule has 0 radical (unpaired) electrons. The van der Waals surface area contributed by atoms with Crippen molar-refractivity contribution >= 4 is 17.5 Å². The average Bonchev–Trinajstić information content (AvgIpc) is 3.24. The normalized spacial score (nSPS) is 50.1. The third-order valence-corrected chi connectivity index (χ3v) is 11.0. The van der Waals surface area contributed by atoms with Gasteiger partial charge in [0.1, 0.15) is 17.8 Å². The number of ketones is 2. The molecule has 34 heavy (non-hydrogen) atoms. The van der Waals surface area contributed by atoms with Gasteiger partial charge in [-0.3, -0.25) is 14.4 Å². The Kier molecular flexibility index (Phi) is 4.13. The van der Waals surface area contributed by atoms with Crippen LogP contribution in [0.1, 0.15) is 72.3 Å². The molecule has 2 heterocycles. The summed E-state index contributed by atoms with van der Waals surface area (Å²) < 4.78 is 18.0. The van der Waals surface area contributed by atoms with E-state index in [4.69, 9.17) is 13.9 Å². The van der Waals surface area contributed by atoms with Gasteiger partial charge in [-0.1, -0.05) is 40.7 Å². The summed E-state index contributed by atoms with van der Waals surface area (Å²) in [7, 11) is 0. The van der Waals surface area contributed by atoms with Gasteiger partial charge in [-0.2, -0.15) is 0 Å². The van der Waals surface area contributed by atoms with E-state index in [2.05, 4.69) is 26.8 Å². The smallest absolute Gasteiger partial charge is 0.302 e. The highest BCUT2D eigenvalue weighted by molar-refractivity contribution is 5.99. The van der Waals surface area contributed by atoms with Crippen molar-refractivity contribution in [1.29, 1.82) is 0 Å². The molecule has 6 nitrogen and oxygen atoms in total. The number of hydrogen-bond donors (Lipinski definition) is 0. The van der Waals surface area contributed by atoms with Gasteiger partial charge in [0.15, 0.2) is 11.6 Å². The Hall–Kier alpha value is -2.21. The molecule has 1 aromatic rings. The van der Waals surface area contributed by atoms with Crippen molar-refractivity contribution in [1.82, 2.24) is 0 Å². The number of carbonyl (C=O) groups is 3. The maximum Gasteiger partial charge on any atom is 0.302 e. The number of hydrogen-bond acceptors (Lipinski definition) is 6. The molecule has 0 bridgehead atoms. The molecule has 182 valence electrons. The Morgan fingerprint density at radius 1 is 1.12 bits per heavy atom. The van der Waals surface area contributed by atoms with Crippen LogP contribution < -0.4 is 0 Å². The van der Waals surface area contributed by atoms with E-state index in [0.29, 0.717) is 6.42 Å². The monoisotopic (exact) mass is 466 g/mol. The van der Waals surface area contributed by atoms with E-state index in [0.717, 1.165) is 18.4 Å². The van der Waals surface area contributed by atoms with Gasteiger partial charge < -0.3 is 13.9 Å². The fourth-order valence-corrected chi connectivity index (χ4v) is 9.55. The minimum absolute atomic E-state index is 0.0275. The third kappa shape index (κ3) is 2.21. The average molecular weight is 467 g/mol. The van der Waals surface area contributed by atoms with Crippen molar-refractivity contribution in [3.05, 3.63) is 36.3 Å². The van der Waals surface area contributed by atoms with Gasteiger partial charge in [0.25, 0.3) is 0 Å². The van der Waals surface area contributed by atoms with E-state index in [-0.39, 0.29) is 40.7 Å². The zero-order chi connectivity index (χ0) is 24.5. The standard InChI is InChI=1S/C28H34O6/c1-15(29)33-20-13-18-24(2,3)19(30)8-10-25(18,4)17-7-11-26(5)21(16-9-12-32-14-16)22(31)23-28(26,34-23)27(17,20)6/h8-10,12,14,17-18,20-21,23H,7,11,13H2,1-6H3/t17?,18?,20?,21?,23-,25-,26?,27+,28-/m1/s1. The summed E-state index contributed by atoms with van der Waals surface area (Å²) in [4.78, 5) is 39.0. The van der Waals surface area contributed by atoms with Crippen molar-refractivity contribution in [2.45, 2.75) is 84.5 Å². The Labute approximate surface area is 200 Å². The molecule has 5 aliphatic rings. The molecule has 6 rings (SSSR count). The molecule has 3 saturated carbocycles. The van der Waals surface area contributed by atoms with Crippen molar-refractivity contribution < 1.29 is 28.3 Å². The molecule has 4 aliphatic carbocycles. The predicted molar refractivity (Wildman–Crippen MR) is 123 cm³/mol. The first-order valence-electron chi connectivity index (χ1n) is 12.5. The number of Topliss-reactive ketones (excluding diaryl/α,β-unsaturated/α-hetero) is 1. The number of esters is 1. The summed E-state index contributed by atoms with van der Waals surface area (Å²) in [5.74, 6) is -0.280. The molecule has 4 fully saturated rings. The zero-order valence-electron chi connectivity index (χ0n) is 20.8. The number of fused-ring (bicyclic) bond motifs is 3. The fourth-order valence-electron chi connectivity index (χ4n) is 9.55. The van der Waals surface area contributed by atoms with Gasteiger partial charge in [-0.25, -0.2) is 0 Å². The van der Waals surface area contributed by atoms with Crippen molar-refractivity contribution in [3.8, 4) is 0 Å². The molecule has 0 aromatic carbocycles. The topological polar surface area (TPSA) is 86.1 Å². The van der Waals surface area contributed by atoms with Crippen LogP contribution in [0.3, 0.4) is 0 Å². The first-order valence-corrected chi connectivity index (χ1v) is 12.5. The SMILES string of the molecule is CC(=O)OC1CC2C(C)(C)C(=O)C=C[C@]2(C)C2CCC3(C)C(c4ccoc4)C(=O)[C@H]4O[C@]43[C@]12C. The summed E-state index contributed by atoms with van der Waals surface area (Å²) in [5, 5.41) is 0. The van der Waals surface area contributed by atoms with Crippen LogP contribution in [-0.2, 0) is 23.9 Å². The van der Waals surface area contributed by atoms with Crippen LogP contribution in [0.25, 0.3) is 0 Å². The van der Waals surface area contributed by atoms with Crippen LogP contribution in [-0.4, -0.2) is 35.3 Å². The highest BCUT2D eigenvalue weighted by Crippen LogP contribution is 2.81. The summed E-state index contributed by atoms with van der Waals surface area (Å²) in [6.07, 6.45) is 8.49. The number of allylic oxidation sites excluding steroid dienone is 2. The second-order valence-corrected chi connectivity index (χ2v) is 12.6. The van der Waals surface area contributed by atoms with Gasteiger partial charge in [0.2, 0.25) is 0 Å². The van der Waals surface area contributed by atoms with E-state index in [9.17, 15) is 14.4 Å². The highest BCUT2D eigenvalue weighted by Gasteiger charge is 2.89. The minimum atomic E-state index is -0.713. The Bertz CT molecular complexity index is 1130. The summed E-state index contributed by atoms with van der Waals surface area (Å²) in [6.45, 7) is 12.1. The minimum Gasteiger partial charge on any atom is -0.472 e. The molecule has 1 aromatic heterocycles. The summed E-state index contributed by atoms with van der Waals surface area (Å²) in [5.41, 5.74) is -1.65. The maximum absolute atomic E-state index is 13.7. The molecular weight excluding hydrogens is 432 g/mol. The van der Waals surface area contributed by atoms with Crippen molar-refractivity contribution in [2.75, 3.05) is 0 Å². The van der Waals surface area contributed by atoms with E-state index >= 15 is 0 Å². The molecule has 0 amide bonds. The van der Waals surface area contributed by atoms with Gasteiger partial charge in [0, 0.05) is 28.7 Å². The third-order valence-electron chi connectivity index (χ3n) is 11.0. The van der Waals surface area contributed by atoms with E-state index in [1.165, 1.54) is 6.92 Å². The second kappa shape index (κ2) is 6.31.